The molecule has 1 N–H and O–H groups in total. The van der Waals surface area contributed by atoms with E-state index in [1.54, 1.807) is 0 Å². The second-order valence-electron chi connectivity index (χ2n) is 4.38. The second kappa shape index (κ2) is 5.14. The Morgan fingerprint density at radius 2 is 2.06 bits per heavy atom. The van der Waals surface area contributed by atoms with Gasteiger partial charge in [-0.2, -0.15) is 0 Å². The minimum absolute atomic E-state index is 0.00797. The molecule has 0 saturated carbocycles. The van der Waals surface area contributed by atoms with Gasteiger partial charge < -0.3 is 10.0 Å². The molecule has 1 aliphatic rings. The summed E-state index contributed by atoms with van der Waals surface area (Å²) in [6, 6.07) is 1.98. The van der Waals surface area contributed by atoms with Gasteiger partial charge >= 0.3 is 0 Å². The Bertz CT molecular complexity index is 438. The fourth-order valence-corrected chi connectivity index (χ4v) is 3.20. The van der Waals surface area contributed by atoms with Crippen molar-refractivity contribution in [2.75, 3.05) is 29.5 Å². The van der Waals surface area contributed by atoms with Crippen LogP contribution in [-0.2, 0) is 17.4 Å². The van der Waals surface area contributed by atoms with E-state index in [0.29, 0.717) is 11.5 Å². The van der Waals surface area contributed by atoms with Gasteiger partial charge in [0.25, 0.3) is 0 Å². The van der Waals surface area contributed by atoms with Gasteiger partial charge in [-0.15, -0.1) is 0 Å². The average Bonchev–Trinajstić information content (AvgIpc) is 2.29. The van der Waals surface area contributed by atoms with Gasteiger partial charge in [0.15, 0.2) is 0 Å². The highest BCUT2D eigenvalue weighted by atomic mass is 32.2. The maximum atomic E-state index is 11.3. The van der Waals surface area contributed by atoms with Crippen molar-refractivity contribution in [2.24, 2.45) is 0 Å². The molecule has 1 aliphatic heterocycles. The number of hydrogen-bond acceptors (Lipinski definition) is 4. The van der Waals surface area contributed by atoms with Gasteiger partial charge in [0.05, 0.1) is 6.61 Å². The highest BCUT2D eigenvalue weighted by molar-refractivity contribution is 7.85. The quantitative estimate of drug-likeness (QED) is 0.846. The maximum absolute atomic E-state index is 11.3. The molecule has 0 bridgehead atoms. The Kier molecular flexibility index (Phi) is 3.79. The van der Waals surface area contributed by atoms with E-state index in [-0.39, 0.29) is 6.61 Å². The van der Waals surface area contributed by atoms with Crippen molar-refractivity contribution in [3.63, 3.8) is 0 Å². The van der Waals surface area contributed by atoms with Crippen LogP contribution in [0.3, 0.4) is 0 Å². The molecule has 94 valence electrons. The predicted molar refractivity (Wildman–Crippen MR) is 69.7 cm³/mol. The van der Waals surface area contributed by atoms with E-state index >= 15 is 0 Å². The van der Waals surface area contributed by atoms with Crippen LogP contribution in [0.25, 0.3) is 0 Å². The van der Waals surface area contributed by atoms with Crippen LogP contribution < -0.4 is 4.90 Å². The lowest BCUT2D eigenvalue weighted by Gasteiger charge is -2.29. The molecule has 4 nitrogen and oxygen atoms in total. The topological polar surface area (TPSA) is 53.4 Å². The summed E-state index contributed by atoms with van der Waals surface area (Å²) in [5, 5.41) is 9.45. The van der Waals surface area contributed by atoms with Gasteiger partial charge in [0.1, 0.15) is 5.82 Å². The molecule has 1 aromatic heterocycles. The molecule has 0 spiro atoms. The molecular formula is C12H18N2O2S. The van der Waals surface area contributed by atoms with Crippen molar-refractivity contribution in [2.45, 2.75) is 20.5 Å². The van der Waals surface area contributed by atoms with Crippen LogP contribution in [0.2, 0.25) is 0 Å². The number of hydrogen-bond donors (Lipinski definition) is 1. The fourth-order valence-electron chi connectivity index (χ4n) is 2.15. The van der Waals surface area contributed by atoms with Crippen LogP contribution in [0.5, 0.6) is 0 Å². The van der Waals surface area contributed by atoms with Crippen molar-refractivity contribution in [3.05, 3.63) is 22.9 Å². The molecule has 5 heteroatoms. The standard InChI is InChI=1S/C12H18N2O2S/c1-9-7-10(2)13-12(11(9)8-15)14-3-5-17(16)6-4-14/h7,15H,3-6,8H2,1-2H3. The largest absolute Gasteiger partial charge is 0.392 e. The number of anilines is 1. The summed E-state index contributed by atoms with van der Waals surface area (Å²) < 4.78 is 11.3. The summed E-state index contributed by atoms with van der Waals surface area (Å²) in [6.45, 7) is 5.48. The molecule has 1 aromatic rings. The Morgan fingerprint density at radius 3 is 2.65 bits per heavy atom. The highest BCUT2D eigenvalue weighted by Crippen LogP contribution is 2.23. The second-order valence-corrected chi connectivity index (χ2v) is 6.07. The number of rotatable bonds is 2. The van der Waals surface area contributed by atoms with Crippen LogP contribution in [0, 0.1) is 13.8 Å². The van der Waals surface area contributed by atoms with E-state index in [9.17, 15) is 9.32 Å². The number of aryl methyl sites for hydroxylation is 2. The van der Waals surface area contributed by atoms with Gasteiger partial charge in [-0.25, -0.2) is 4.98 Å². The number of aliphatic hydroxyl groups is 1. The Labute approximate surface area is 104 Å². The van der Waals surface area contributed by atoms with Gasteiger partial charge in [-0.05, 0) is 25.5 Å². The molecule has 2 heterocycles. The van der Waals surface area contributed by atoms with Crippen molar-refractivity contribution in [1.82, 2.24) is 4.98 Å². The number of pyridine rings is 1. The van der Waals surface area contributed by atoms with Crippen LogP contribution in [-0.4, -0.2) is 38.9 Å². The first-order valence-electron chi connectivity index (χ1n) is 5.79. The average molecular weight is 254 g/mol. The molecule has 1 fully saturated rings. The Hall–Kier alpha value is -0.940. The fraction of sp³-hybridized carbons (Fsp3) is 0.583. The minimum atomic E-state index is -0.686. The zero-order valence-electron chi connectivity index (χ0n) is 10.3. The Balaban J connectivity index is 2.33. The first-order chi connectivity index (χ1) is 8.11. The molecular weight excluding hydrogens is 236 g/mol. The SMILES string of the molecule is Cc1cc(C)c(CO)c(N2CCS(=O)CC2)n1. The summed E-state index contributed by atoms with van der Waals surface area (Å²) >= 11 is 0. The van der Waals surface area contributed by atoms with Crippen molar-refractivity contribution in [1.29, 1.82) is 0 Å². The smallest absolute Gasteiger partial charge is 0.134 e. The van der Waals surface area contributed by atoms with Crippen LogP contribution in [0.4, 0.5) is 5.82 Å². The monoisotopic (exact) mass is 254 g/mol. The van der Waals surface area contributed by atoms with Gasteiger partial charge in [-0.3, -0.25) is 4.21 Å². The van der Waals surface area contributed by atoms with Crippen LogP contribution >= 0.6 is 0 Å². The van der Waals surface area contributed by atoms with E-state index < -0.39 is 10.8 Å². The van der Waals surface area contributed by atoms with Crippen LogP contribution in [0.1, 0.15) is 16.8 Å². The third-order valence-electron chi connectivity index (χ3n) is 3.09. The Morgan fingerprint density at radius 1 is 1.41 bits per heavy atom. The lowest BCUT2D eigenvalue weighted by molar-refractivity contribution is 0.280. The number of aromatic nitrogens is 1. The summed E-state index contributed by atoms with van der Waals surface area (Å²) in [4.78, 5) is 6.65. The molecule has 1 saturated heterocycles. The zero-order chi connectivity index (χ0) is 12.4. The molecule has 0 aromatic carbocycles. The predicted octanol–water partition coefficient (Wildman–Crippen LogP) is 0.759. The van der Waals surface area contributed by atoms with E-state index in [2.05, 4.69) is 9.88 Å². The third kappa shape index (κ3) is 2.66. The van der Waals surface area contributed by atoms with Crippen molar-refractivity contribution in [3.8, 4) is 0 Å². The van der Waals surface area contributed by atoms with E-state index in [1.165, 1.54) is 0 Å². The lowest BCUT2D eigenvalue weighted by Crippen LogP contribution is -2.39. The van der Waals surface area contributed by atoms with Crippen LogP contribution in [0.15, 0.2) is 6.07 Å². The summed E-state index contributed by atoms with van der Waals surface area (Å²) in [5.41, 5.74) is 2.92. The van der Waals surface area contributed by atoms with E-state index in [1.807, 2.05) is 19.9 Å². The van der Waals surface area contributed by atoms with Gasteiger partial charge in [0, 0.05) is 46.7 Å². The normalized spacial score (nSPS) is 17.5. The third-order valence-corrected chi connectivity index (χ3v) is 4.36. The molecule has 0 amide bonds. The molecule has 0 aliphatic carbocycles. The molecule has 0 radical (unpaired) electrons. The molecule has 0 atom stereocenters. The first-order valence-corrected chi connectivity index (χ1v) is 7.28. The first kappa shape index (κ1) is 12.5. The molecule has 2 rings (SSSR count). The number of aliphatic hydroxyl groups excluding tert-OH is 1. The summed E-state index contributed by atoms with van der Waals surface area (Å²) in [5.74, 6) is 2.25. The zero-order valence-corrected chi connectivity index (χ0v) is 11.1. The lowest BCUT2D eigenvalue weighted by atomic mass is 10.1. The minimum Gasteiger partial charge on any atom is -0.392 e. The molecule has 0 unspecified atom stereocenters. The number of nitrogens with zero attached hydrogens (tertiary/aromatic N) is 2. The van der Waals surface area contributed by atoms with Crippen molar-refractivity contribution < 1.29 is 9.32 Å². The van der Waals surface area contributed by atoms with E-state index in [4.69, 9.17) is 0 Å². The maximum Gasteiger partial charge on any atom is 0.134 e. The highest BCUT2D eigenvalue weighted by Gasteiger charge is 2.20. The summed E-state index contributed by atoms with van der Waals surface area (Å²) in [7, 11) is -0.686. The molecule has 17 heavy (non-hydrogen) atoms. The van der Waals surface area contributed by atoms with E-state index in [0.717, 1.165) is 35.7 Å². The van der Waals surface area contributed by atoms with Crippen molar-refractivity contribution >= 4 is 16.6 Å². The summed E-state index contributed by atoms with van der Waals surface area (Å²) in [6.07, 6.45) is 0. The van der Waals surface area contributed by atoms with Gasteiger partial charge in [0.2, 0.25) is 0 Å². The van der Waals surface area contributed by atoms with Gasteiger partial charge in [-0.1, -0.05) is 0 Å².